The Morgan fingerprint density at radius 1 is 1.43 bits per heavy atom. The zero-order chi connectivity index (χ0) is 15.0. The molecule has 2 unspecified atom stereocenters. The molecule has 0 spiro atoms. The second kappa shape index (κ2) is 5.48. The maximum absolute atomic E-state index is 12.7. The number of hydrogen-bond acceptors (Lipinski definition) is 4. The lowest BCUT2D eigenvalue weighted by Gasteiger charge is -2.22. The molecule has 2 atom stereocenters. The summed E-state index contributed by atoms with van der Waals surface area (Å²) in [5.74, 6) is -1.23. The van der Waals surface area contributed by atoms with E-state index >= 15 is 0 Å². The third-order valence-electron chi connectivity index (χ3n) is 4.35. The van der Waals surface area contributed by atoms with Crippen LogP contribution in [0.5, 0.6) is 0 Å². The van der Waals surface area contributed by atoms with Crippen molar-refractivity contribution in [3.8, 4) is 0 Å². The molecule has 1 amide bonds. The largest absolute Gasteiger partial charge is 0.480 e. The number of hydrogen-bond donors (Lipinski definition) is 1. The number of carboxylic acid groups (broad SMARTS) is 1. The highest BCUT2D eigenvalue weighted by Gasteiger charge is 2.41. The molecule has 0 aromatic carbocycles. The van der Waals surface area contributed by atoms with E-state index in [0.29, 0.717) is 18.5 Å². The van der Waals surface area contributed by atoms with Gasteiger partial charge >= 0.3 is 5.97 Å². The number of fused-ring (bicyclic) bond motifs is 1. The monoisotopic (exact) mass is 293 g/mol. The number of likely N-dealkylation sites (tertiary alicyclic amines) is 1. The molecule has 3 rings (SSSR count). The Balaban J connectivity index is 1.87. The highest BCUT2D eigenvalue weighted by atomic mass is 16.5. The molecule has 0 saturated carbocycles. The molecule has 0 bridgehead atoms. The smallest absolute Gasteiger partial charge is 0.326 e. The molecule has 0 radical (unpaired) electrons. The van der Waals surface area contributed by atoms with Crippen molar-refractivity contribution >= 4 is 11.9 Å². The van der Waals surface area contributed by atoms with Gasteiger partial charge in [0.15, 0.2) is 0 Å². The van der Waals surface area contributed by atoms with Crippen molar-refractivity contribution in [2.45, 2.75) is 44.4 Å². The molecule has 21 heavy (non-hydrogen) atoms. The number of carbonyl (C=O) groups is 2. The van der Waals surface area contributed by atoms with E-state index in [1.54, 1.807) is 13.3 Å². The Hall–Kier alpha value is -1.89. The number of carbonyl (C=O) groups excluding carboxylic acids is 1. The number of aromatic nitrogens is 2. The minimum atomic E-state index is -0.982. The number of ether oxygens (including phenoxy) is 1. The van der Waals surface area contributed by atoms with E-state index in [0.717, 1.165) is 31.5 Å². The van der Waals surface area contributed by atoms with Crippen LogP contribution in [0.3, 0.4) is 0 Å². The molecule has 2 aliphatic rings. The summed E-state index contributed by atoms with van der Waals surface area (Å²) in [4.78, 5) is 25.5. The summed E-state index contributed by atoms with van der Waals surface area (Å²) in [6, 6.07) is -0.818. The van der Waals surface area contributed by atoms with Gasteiger partial charge in [-0.1, -0.05) is 0 Å². The van der Waals surface area contributed by atoms with Crippen molar-refractivity contribution in [2.75, 3.05) is 13.7 Å². The van der Waals surface area contributed by atoms with Crippen LogP contribution in [0.15, 0.2) is 6.20 Å². The van der Waals surface area contributed by atoms with Gasteiger partial charge in [-0.3, -0.25) is 9.48 Å². The van der Waals surface area contributed by atoms with Crippen LogP contribution in [0.2, 0.25) is 0 Å². The fraction of sp³-hybridized carbons (Fsp3) is 0.643. The average Bonchev–Trinajstić information content (AvgIpc) is 3.10. The molecule has 1 fully saturated rings. The van der Waals surface area contributed by atoms with E-state index in [2.05, 4.69) is 5.10 Å². The van der Waals surface area contributed by atoms with E-state index in [1.165, 1.54) is 4.90 Å². The molecule has 2 aliphatic heterocycles. The van der Waals surface area contributed by atoms with Gasteiger partial charge in [-0.25, -0.2) is 4.79 Å². The number of amides is 1. The fourth-order valence-electron chi connectivity index (χ4n) is 3.18. The summed E-state index contributed by atoms with van der Waals surface area (Å²) in [5.41, 5.74) is 1.47. The molecule has 7 heteroatoms. The zero-order valence-corrected chi connectivity index (χ0v) is 12.0. The van der Waals surface area contributed by atoms with E-state index in [1.807, 2.05) is 4.68 Å². The van der Waals surface area contributed by atoms with Gasteiger partial charge in [0.25, 0.3) is 5.91 Å². The predicted molar refractivity (Wildman–Crippen MR) is 73.0 cm³/mol. The minimum Gasteiger partial charge on any atom is -0.480 e. The van der Waals surface area contributed by atoms with Gasteiger partial charge < -0.3 is 14.7 Å². The standard InChI is InChI=1S/C14H19N3O4/c1-21-9-6-12(14(19)20)16(8-9)13(18)10-7-15-17-5-3-2-4-11(10)17/h7,9,12H,2-6,8H2,1H3,(H,19,20). The Bertz CT molecular complexity index is 569. The Kier molecular flexibility index (Phi) is 3.67. The first-order valence-corrected chi connectivity index (χ1v) is 7.23. The average molecular weight is 293 g/mol. The van der Waals surface area contributed by atoms with Gasteiger partial charge in [0, 0.05) is 26.6 Å². The number of nitrogens with zero attached hydrogens (tertiary/aromatic N) is 3. The highest BCUT2D eigenvalue weighted by Crippen LogP contribution is 2.25. The van der Waals surface area contributed by atoms with Crippen molar-refractivity contribution in [2.24, 2.45) is 0 Å². The van der Waals surface area contributed by atoms with Gasteiger partial charge in [0.1, 0.15) is 6.04 Å². The Labute approximate surface area is 122 Å². The summed E-state index contributed by atoms with van der Waals surface area (Å²) in [6.07, 6.45) is 4.61. The third-order valence-corrected chi connectivity index (χ3v) is 4.35. The van der Waals surface area contributed by atoms with E-state index in [4.69, 9.17) is 4.74 Å². The van der Waals surface area contributed by atoms with Crippen molar-refractivity contribution in [1.82, 2.24) is 14.7 Å². The lowest BCUT2D eigenvalue weighted by Crippen LogP contribution is -2.41. The molecular weight excluding hydrogens is 274 g/mol. The lowest BCUT2D eigenvalue weighted by atomic mass is 10.1. The minimum absolute atomic E-state index is 0.221. The maximum Gasteiger partial charge on any atom is 0.326 e. The quantitative estimate of drug-likeness (QED) is 0.879. The molecule has 1 aromatic rings. The van der Waals surface area contributed by atoms with E-state index < -0.39 is 12.0 Å². The van der Waals surface area contributed by atoms with E-state index in [-0.39, 0.29) is 12.0 Å². The van der Waals surface area contributed by atoms with Crippen LogP contribution in [0, 0.1) is 0 Å². The summed E-state index contributed by atoms with van der Waals surface area (Å²) in [7, 11) is 1.54. The fourth-order valence-corrected chi connectivity index (χ4v) is 3.18. The van der Waals surface area contributed by atoms with Crippen LogP contribution >= 0.6 is 0 Å². The Morgan fingerprint density at radius 2 is 2.24 bits per heavy atom. The normalized spacial score (nSPS) is 24.9. The molecule has 1 aromatic heterocycles. The molecule has 0 aliphatic carbocycles. The van der Waals surface area contributed by atoms with Gasteiger partial charge in [-0.05, 0) is 19.3 Å². The second-order valence-corrected chi connectivity index (χ2v) is 5.59. The first-order valence-electron chi connectivity index (χ1n) is 7.23. The second-order valence-electron chi connectivity index (χ2n) is 5.59. The van der Waals surface area contributed by atoms with Crippen LogP contribution < -0.4 is 0 Å². The number of methoxy groups -OCH3 is 1. The topological polar surface area (TPSA) is 84.7 Å². The number of rotatable bonds is 3. The van der Waals surface area contributed by atoms with Crippen molar-refractivity contribution in [3.63, 3.8) is 0 Å². The van der Waals surface area contributed by atoms with Crippen LogP contribution in [-0.4, -0.2) is 57.5 Å². The SMILES string of the molecule is COC1CC(C(=O)O)N(C(=O)c2cnn3c2CCCC3)C1. The van der Waals surface area contributed by atoms with Crippen molar-refractivity contribution in [1.29, 1.82) is 0 Å². The molecule has 3 heterocycles. The van der Waals surface area contributed by atoms with E-state index in [9.17, 15) is 14.7 Å². The predicted octanol–water partition coefficient (Wildman–Crippen LogP) is 0.533. The van der Waals surface area contributed by atoms with Gasteiger partial charge in [0.2, 0.25) is 0 Å². The molecule has 1 N–H and O–H groups in total. The Morgan fingerprint density at radius 3 is 2.95 bits per heavy atom. The zero-order valence-electron chi connectivity index (χ0n) is 12.0. The first kappa shape index (κ1) is 14.1. The van der Waals surface area contributed by atoms with Crippen LogP contribution in [0.1, 0.15) is 35.3 Å². The summed E-state index contributed by atoms with van der Waals surface area (Å²) < 4.78 is 7.08. The number of aliphatic carboxylic acids is 1. The molecular formula is C14H19N3O4. The van der Waals surface area contributed by atoms with Gasteiger partial charge in [-0.15, -0.1) is 0 Å². The number of carboxylic acids is 1. The third kappa shape index (κ3) is 2.42. The van der Waals surface area contributed by atoms with Gasteiger partial charge in [-0.2, -0.15) is 5.10 Å². The lowest BCUT2D eigenvalue weighted by molar-refractivity contribution is -0.141. The maximum atomic E-state index is 12.7. The summed E-state index contributed by atoms with van der Waals surface area (Å²) in [5, 5.41) is 13.6. The molecule has 7 nitrogen and oxygen atoms in total. The van der Waals surface area contributed by atoms with Crippen molar-refractivity contribution < 1.29 is 19.4 Å². The summed E-state index contributed by atoms with van der Waals surface area (Å²) in [6.45, 7) is 1.14. The van der Waals surface area contributed by atoms with Crippen molar-refractivity contribution in [3.05, 3.63) is 17.5 Å². The van der Waals surface area contributed by atoms with Crippen LogP contribution in [-0.2, 0) is 22.5 Å². The van der Waals surface area contributed by atoms with Crippen LogP contribution in [0.25, 0.3) is 0 Å². The molecule has 114 valence electrons. The summed E-state index contributed by atoms with van der Waals surface area (Å²) >= 11 is 0. The van der Waals surface area contributed by atoms with Crippen LogP contribution in [0.4, 0.5) is 0 Å². The molecule has 1 saturated heterocycles. The highest BCUT2D eigenvalue weighted by molar-refractivity contribution is 5.97. The number of aryl methyl sites for hydroxylation is 1. The van der Waals surface area contributed by atoms with Gasteiger partial charge in [0.05, 0.1) is 23.6 Å². The first-order chi connectivity index (χ1) is 10.1.